The number of hydrogen-bond donors (Lipinski definition) is 0. The van der Waals surface area contributed by atoms with E-state index in [-0.39, 0.29) is 50.2 Å². The zero-order chi connectivity index (χ0) is 26.7. The molecule has 0 radical (unpaired) electrons. The number of rotatable bonds is 17. The van der Waals surface area contributed by atoms with E-state index in [1.165, 1.54) is 0 Å². The summed E-state index contributed by atoms with van der Waals surface area (Å²) in [6.07, 6.45) is 1.68. The number of carbonyl (C=O) groups excluding carboxylic acids is 2. The summed E-state index contributed by atoms with van der Waals surface area (Å²) in [4.78, 5) is 24.2. The molecule has 4 rings (SSSR count). The molecule has 2 unspecified atom stereocenters. The number of benzene rings is 2. The van der Waals surface area contributed by atoms with Gasteiger partial charge in [0.25, 0.3) is 0 Å². The number of epoxide rings is 2. The van der Waals surface area contributed by atoms with E-state index in [1.54, 1.807) is 14.2 Å². The Morgan fingerprint density at radius 1 is 0.711 bits per heavy atom. The van der Waals surface area contributed by atoms with Crippen LogP contribution in [0.25, 0.3) is 0 Å². The molecule has 2 aromatic carbocycles. The van der Waals surface area contributed by atoms with Crippen molar-refractivity contribution < 1.29 is 47.5 Å². The monoisotopic (exact) mass is 530 g/mol. The Morgan fingerprint density at radius 2 is 1.13 bits per heavy atom. The second-order valence-corrected chi connectivity index (χ2v) is 8.94. The Morgan fingerprint density at radius 3 is 1.50 bits per heavy atom. The molecular weight excluding hydrogens is 496 g/mol. The number of methoxy groups -OCH3 is 2. The van der Waals surface area contributed by atoms with Crippen LogP contribution in [0.3, 0.4) is 0 Å². The minimum Gasteiger partial charge on any atom is -0.493 e. The summed E-state index contributed by atoms with van der Waals surface area (Å²) in [5, 5.41) is 0. The summed E-state index contributed by atoms with van der Waals surface area (Å²) in [6, 6.07) is 11.1. The molecule has 206 valence electrons. The highest BCUT2D eigenvalue weighted by atomic mass is 16.6. The molecule has 0 bridgehead atoms. The molecule has 0 amide bonds. The summed E-state index contributed by atoms with van der Waals surface area (Å²) >= 11 is 0. The zero-order valence-corrected chi connectivity index (χ0v) is 21.8. The molecule has 2 heterocycles. The molecule has 0 spiro atoms. The lowest BCUT2D eigenvalue weighted by molar-refractivity contribution is -0.152. The van der Waals surface area contributed by atoms with Gasteiger partial charge in [-0.2, -0.15) is 0 Å². The van der Waals surface area contributed by atoms with Gasteiger partial charge >= 0.3 is 11.9 Å². The largest absolute Gasteiger partial charge is 0.493 e. The van der Waals surface area contributed by atoms with E-state index in [0.29, 0.717) is 49.1 Å². The van der Waals surface area contributed by atoms with Crippen LogP contribution in [0, 0.1) is 0 Å². The highest BCUT2D eigenvalue weighted by Gasteiger charge is 2.24. The molecule has 2 atom stereocenters. The van der Waals surface area contributed by atoms with E-state index in [1.807, 2.05) is 36.4 Å². The second-order valence-electron chi connectivity index (χ2n) is 8.94. The van der Waals surface area contributed by atoms with Crippen molar-refractivity contribution in [1.82, 2.24) is 0 Å². The maximum absolute atomic E-state index is 12.1. The first-order valence-corrected chi connectivity index (χ1v) is 12.7. The van der Waals surface area contributed by atoms with Gasteiger partial charge in [-0.1, -0.05) is 12.1 Å². The number of ether oxygens (including phenoxy) is 8. The van der Waals surface area contributed by atoms with Gasteiger partial charge < -0.3 is 37.9 Å². The molecular formula is C28H34O10. The van der Waals surface area contributed by atoms with Crippen LogP contribution in [-0.2, 0) is 41.4 Å². The van der Waals surface area contributed by atoms with Crippen molar-refractivity contribution in [3.63, 3.8) is 0 Å². The fraction of sp³-hybridized carbons (Fsp3) is 0.500. The minimum absolute atomic E-state index is 0.00841. The molecule has 38 heavy (non-hydrogen) atoms. The molecule has 0 saturated carbocycles. The predicted molar refractivity (Wildman–Crippen MR) is 135 cm³/mol. The van der Waals surface area contributed by atoms with Crippen LogP contribution in [0.15, 0.2) is 36.4 Å². The smallest absolute Gasteiger partial charge is 0.306 e. The van der Waals surface area contributed by atoms with Crippen LogP contribution in [0.2, 0.25) is 0 Å². The van der Waals surface area contributed by atoms with Crippen molar-refractivity contribution in [2.75, 3.05) is 53.9 Å². The average molecular weight is 531 g/mol. The molecule has 10 heteroatoms. The van der Waals surface area contributed by atoms with Gasteiger partial charge in [-0.3, -0.25) is 9.59 Å². The van der Waals surface area contributed by atoms with Crippen LogP contribution >= 0.6 is 0 Å². The van der Waals surface area contributed by atoms with Crippen LogP contribution < -0.4 is 18.9 Å². The Balaban J connectivity index is 1.09. The third kappa shape index (κ3) is 9.11. The number of esters is 2. The normalized spacial score (nSPS) is 17.3. The van der Waals surface area contributed by atoms with Gasteiger partial charge in [-0.15, -0.1) is 0 Å². The van der Waals surface area contributed by atoms with E-state index in [0.717, 1.165) is 24.3 Å². The van der Waals surface area contributed by atoms with E-state index in [4.69, 9.17) is 37.9 Å². The summed E-state index contributed by atoms with van der Waals surface area (Å²) in [6.45, 7) is 2.43. The molecule has 2 aromatic rings. The summed E-state index contributed by atoms with van der Waals surface area (Å²) < 4.78 is 42.8. The number of hydrogen-bond acceptors (Lipinski definition) is 10. The first kappa shape index (κ1) is 27.5. The summed E-state index contributed by atoms with van der Waals surface area (Å²) in [5.74, 6) is 1.76. The Kier molecular flexibility index (Phi) is 10.1. The van der Waals surface area contributed by atoms with Crippen molar-refractivity contribution in [1.29, 1.82) is 0 Å². The van der Waals surface area contributed by atoms with Gasteiger partial charge in [0.05, 0.1) is 27.4 Å². The van der Waals surface area contributed by atoms with Crippen LogP contribution in [0.1, 0.15) is 24.0 Å². The Bertz CT molecular complexity index is 992. The van der Waals surface area contributed by atoms with Gasteiger partial charge in [-0.05, 0) is 48.2 Å². The van der Waals surface area contributed by atoms with E-state index in [2.05, 4.69) is 0 Å². The zero-order valence-electron chi connectivity index (χ0n) is 21.8. The number of carbonyl (C=O) groups is 2. The van der Waals surface area contributed by atoms with Gasteiger partial charge in [0.1, 0.15) is 38.6 Å². The minimum atomic E-state index is -0.367. The third-order valence-corrected chi connectivity index (χ3v) is 5.96. The maximum Gasteiger partial charge on any atom is 0.306 e. The molecule has 2 aliphatic rings. The van der Waals surface area contributed by atoms with Crippen molar-refractivity contribution in [2.45, 2.75) is 37.9 Å². The van der Waals surface area contributed by atoms with Gasteiger partial charge in [0, 0.05) is 12.8 Å². The topological polar surface area (TPSA) is 115 Å². The SMILES string of the molecule is COc1cc(CCC(=O)OCCOC(=O)CCc2ccc(OCC3CO3)c(OC)c2)ccc1OCC1CO1. The molecule has 2 aliphatic heterocycles. The van der Waals surface area contributed by atoms with Crippen molar-refractivity contribution in [3.05, 3.63) is 47.5 Å². The molecule has 0 aliphatic carbocycles. The third-order valence-electron chi connectivity index (χ3n) is 5.96. The highest BCUT2D eigenvalue weighted by Crippen LogP contribution is 2.30. The van der Waals surface area contributed by atoms with Crippen LogP contribution in [0.5, 0.6) is 23.0 Å². The lowest BCUT2D eigenvalue weighted by Gasteiger charge is -2.12. The average Bonchev–Trinajstić information content (AvgIpc) is 3.86. The van der Waals surface area contributed by atoms with Crippen molar-refractivity contribution in [2.24, 2.45) is 0 Å². The van der Waals surface area contributed by atoms with E-state index in [9.17, 15) is 9.59 Å². The predicted octanol–water partition coefficient (Wildman–Crippen LogP) is 2.91. The summed E-state index contributed by atoms with van der Waals surface area (Å²) in [5.41, 5.74) is 1.85. The second kappa shape index (κ2) is 13.9. The highest BCUT2D eigenvalue weighted by molar-refractivity contribution is 5.70. The molecule has 0 aromatic heterocycles. The summed E-state index contributed by atoms with van der Waals surface area (Å²) in [7, 11) is 3.15. The Hall–Kier alpha value is -3.50. The lowest BCUT2D eigenvalue weighted by Crippen LogP contribution is -2.14. The van der Waals surface area contributed by atoms with Crippen molar-refractivity contribution in [3.8, 4) is 23.0 Å². The molecule has 0 N–H and O–H groups in total. The lowest BCUT2D eigenvalue weighted by atomic mass is 10.1. The maximum atomic E-state index is 12.1. The fourth-order valence-electron chi connectivity index (χ4n) is 3.62. The molecule has 2 fully saturated rings. The van der Waals surface area contributed by atoms with Crippen LogP contribution in [0.4, 0.5) is 0 Å². The van der Waals surface area contributed by atoms with Crippen LogP contribution in [-0.4, -0.2) is 78.0 Å². The van der Waals surface area contributed by atoms with Crippen molar-refractivity contribution >= 4 is 11.9 Å². The first-order valence-electron chi connectivity index (χ1n) is 12.7. The van der Waals surface area contributed by atoms with E-state index >= 15 is 0 Å². The van der Waals surface area contributed by atoms with E-state index < -0.39 is 0 Å². The standard InChI is InChI=1S/C28H34O10/c1-31-25-13-19(3-7-23(25)37-17-21-15-35-21)5-9-27(29)33-11-12-34-28(30)10-6-20-4-8-24(26(14-20)32-2)38-18-22-16-36-22/h3-4,7-8,13-14,21-22H,5-6,9-12,15-18H2,1-2H3. The van der Waals surface area contributed by atoms with Gasteiger partial charge in [0.2, 0.25) is 0 Å². The first-order chi connectivity index (χ1) is 18.5. The Labute approximate surface area is 222 Å². The quantitative estimate of drug-likeness (QED) is 0.172. The molecule has 10 nitrogen and oxygen atoms in total. The van der Waals surface area contributed by atoms with Gasteiger partial charge in [-0.25, -0.2) is 0 Å². The number of aryl methyl sites for hydroxylation is 2. The van der Waals surface area contributed by atoms with Gasteiger partial charge in [0.15, 0.2) is 23.0 Å². The fourth-order valence-corrected chi connectivity index (χ4v) is 3.62. The molecule has 2 saturated heterocycles.